The van der Waals surface area contributed by atoms with Crippen LogP contribution in [0.25, 0.3) is 10.9 Å². The number of aromatic nitrogens is 2. The van der Waals surface area contributed by atoms with E-state index in [0.717, 1.165) is 18.3 Å². The van der Waals surface area contributed by atoms with Crippen molar-refractivity contribution in [1.82, 2.24) is 9.97 Å². The number of benzene rings is 1. The van der Waals surface area contributed by atoms with E-state index in [-0.39, 0.29) is 17.2 Å². The van der Waals surface area contributed by atoms with Gasteiger partial charge in [-0.25, -0.2) is 9.97 Å². The minimum absolute atomic E-state index is 0.0302. The van der Waals surface area contributed by atoms with Crippen LogP contribution in [0.4, 0.5) is 13.2 Å². The van der Waals surface area contributed by atoms with E-state index in [4.69, 9.17) is 10.5 Å². The molecule has 1 aromatic carbocycles. The van der Waals surface area contributed by atoms with Crippen LogP contribution in [0.3, 0.4) is 0 Å². The molecule has 0 aliphatic heterocycles. The summed E-state index contributed by atoms with van der Waals surface area (Å²) in [6.07, 6.45) is -3.62. The Kier molecular flexibility index (Phi) is 3.80. The molecule has 0 bridgehead atoms. The minimum atomic E-state index is -4.54. The number of hydrogen-bond acceptors (Lipinski definition) is 4. The number of hydrogen-bond donors (Lipinski definition) is 1. The van der Waals surface area contributed by atoms with E-state index in [1.165, 1.54) is 0 Å². The van der Waals surface area contributed by atoms with Crippen LogP contribution in [0, 0.1) is 0 Å². The molecule has 0 radical (unpaired) electrons. The second kappa shape index (κ2) is 5.80. The average Bonchev–Trinajstić information content (AvgIpc) is 2.53. The summed E-state index contributed by atoms with van der Waals surface area (Å²) >= 11 is 0. The molecule has 8 heteroatoms. The number of amides is 1. The van der Waals surface area contributed by atoms with Gasteiger partial charge in [-0.15, -0.1) is 0 Å². The highest BCUT2D eigenvalue weighted by Gasteiger charge is 2.32. The molecule has 0 saturated heterocycles. The van der Waals surface area contributed by atoms with E-state index in [1.807, 2.05) is 0 Å². The number of pyridine rings is 2. The standard InChI is InChI=1S/C16H10F3N3O2/c17-16(18,19)13-6-5-10(8-21-13)24-12-7-9-3-1-2-4-11(9)22-14(12)15(20)23/h1-8H,(H2,20,23). The predicted octanol–water partition coefficient (Wildman–Crippen LogP) is 3.54. The van der Waals surface area contributed by atoms with E-state index in [2.05, 4.69) is 9.97 Å². The van der Waals surface area contributed by atoms with Crippen LogP contribution < -0.4 is 10.5 Å². The van der Waals surface area contributed by atoms with Crippen molar-refractivity contribution in [3.8, 4) is 11.5 Å². The van der Waals surface area contributed by atoms with Gasteiger partial charge in [0.05, 0.1) is 11.7 Å². The number of primary amides is 1. The van der Waals surface area contributed by atoms with Crippen molar-refractivity contribution in [3.63, 3.8) is 0 Å². The Morgan fingerprint density at radius 2 is 1.88 bits per heavy atom. The van der Waals surface area contributed by atoms with Gasteiger partial charge in [0.1, 0.15) is 11.4 Å². The first kappa shape index (κ1) is 15.7. The largest absolute Gasteiger partial charge is 0.453 e. The fourth-order valence-electron chi connectivity index (χ4n) is 2.09. The summed E-state index contributed by atoms with van der Waals surface area (Å²) in [6, 6.07) is 10.4. The highest BCUT2D eigenvalue weighted by atomic mass is 19.4. The first-order valence-corrected chi connectivity index (χ1v) is 6.75. The summed E-state index contributed by atoms with van der Waals surface area (Å²) in [7, 11) is 0. The summed E-state index contributed by atoms with van der Waals surface area (Å²) in [5, 5.41) is 0.692. The fourth-order valence-corrected chi connectivity index (χ4v) is 2.09. The van der Waals surface area contributed by atoms with E-state index < -0.39 is 17.8 Å². The molecule has 0 aliphatic carbocycles. The van der Waals surface area contributed by atoms with Gasteiger partial charge in [-0.2, -0.15) is 13.2 Å². The van der Waals surface area contributed by atoms with Crippen LogP contribution in [0.1, 0.15) is 16.2 Å². The summed E-state index contributed by atoms with van der Waals surface area (Å²) in [4.78, 5) is 19.0. The Morgan fingerprint density at radius 3 is 2.50 bits per heavy atom. The number of halogens is 3. The molecule has 0 spiro atoms. The molecule has 2 aromatic heterocycles. The van der Waals surface area contributed by atoms with E-state index in [0.29, 0.717) is 10.9 Å². The van der Waals surface area contributed by atoms with Gasteiger partial charge in [-0.1, -0.05) is 18.2 Å². The van der Waals surface area contributed by atoms with Crippen molar-refractivity contribution >= 4 is 16.8 Å². The number of carbonyl (C=O) groups excluding carboxylic acids is 1. The first-order valence-electron chi connectivity index (χ1n) is 6.75. The predicted molar refractivity (Wildman–Crippen MR) is 79.6 cm³/mol. The third-order valence-electron chi connectivity index (χ3n) is 3.18. The average molecular weight is 333 g/mol. The lowest BCUT2D eigenvalue weighted by Gasteiger charge is -2.11. The molecule has 2 heterocycles. The van der Waals surface area contributed by atoms with Gasteiger partial charge in [0.25, 0.3) is 5.91 Å². The molecular formula is C16H10F3N3O2. The highest BCUT2D eigenvalue weighted by molar-refractivity contribution is 5.97. The Bertz CT molecular complexity index is 909. The van der Waals surface area contributed by atoms with Crippen LogP contribution in [0.2, 0.25) is 0 Å². The normalized spacial score (nSPS) is 11.5. The molecule has 122 valence electrons. The molecule has 2 N–H and O–H groups in total. The zero-order valence-electron chi connectivity index (χ0n) is 12.0. The maximum Gasteiger partial charge on any atom is 0.433 e. The minimum Gasteiger partial charge on any atom is -0.453 e. The topological polar surface area (TPSA) is 78.1 Å². The Hall–Kier alpha value is -3.16. The number of alkyl halides is 3. The van der Waals surface area contributed by atoms with Crippen LogP contribution in [-0.4, -0.2) is 15.9 Å². The van der Waals surface area contributed by atoms with Gasteiger partial charge >= 0.3 is 6.18 Å². The number of carbonyl (C=O) groups is 1. The Morgan fingerprint density at radius 1 is 1.12 bits per heavy atom. The smallest absolute Gasteiger partial charge is 0.433 e. The Labute approximate surface area is 133 Å². The monoisotopic (exact) mass is 333 g/mol. The zero-order chi connectivity index (χ0) is 17.3. The summed E-state index contributed by atoms with van der Waals surface area (Å²) < 4.78 is 43.0. The molecular weight excluding hydrogens is 323 g/mol. The second-order valence-electron chi connectivity index (χ2n) is 4.87. The maximum absolute atomic E-state index is 12.5. The molecule has 0 atom stereocenters. The molecule has 3 aromatic rings. The molecule has 24 heavy (non-hydrogen) atoms. The molecule has 0 aliphatic rings. The third kappa shape index (κ3) is 3.12. The van der Waals surface area contributed by atoms with Gasteiger partial charge in [0.2, 0.25) is 0 Å². The maximum atomic E-state index is 12.5. The van der Waals surface area contributed by atoms with Gasteiger partial charge in [0.15, 0.2) is 11.4 Å². The first-order chi connectivity index (χ1) is 11.3. The number of fused-ring (bicyclic) bond motifs is 1. The van der Waals surface area contributed by atoms with Gasteiger partial charge < -0.3 is 10.5 Å². The summed E-state index contributed by atoms with van der Waals surface area (Å²) in [5.74, 6) is -0.735. The zero-order valence-corrected chi connectivity index (χ0v) is 12.0. The molecule has 0 saturated carbocycles. The van der Waals surface area contributed by atoms with Crippen molar-refractivity contribution in [2.45, 2.75) is 6.18 Å². The lowest BCUT2D eigenvalue weighted by atomic mass is 10.2. The summed E-state index contributed by atoms with van der Waals surface area (Å²) in [6.45, 7) is 0. The van der Waals surface area contributed by atoms with Crippen molar-refractivity contribution in [2.24, 2.45) is 5.73 Å². The van der Waals surface area contributed by atoms with Crippen molar-refractivity contribution in [1.29, 1.82) is 0 Å². The van der Waals surface area contributed by atoms with Gasteiger partial charge in [0, 0.05) is 5.39 Å². The van der Waals surface area contributed by atoms with Crippen LogP contribution in [0.5, 0.6) is 11.5 Å². The number of ether oxygens (including phenoxy) is 1. The number of rotatable bonds is 3. The quantitative estimate of drug-likeness (QED) is 0.795. The number of para-hydroxylation sites is 1. The van der Waals surface area contributed by atoms with Gasteiger partial charge in [-0.3, -0.25) is 4.79 Å². The number of nitrogens with zero attached hydrogens (tertiary/aromatic N) is 2. The van der Waals surface area contributed by atoms with E-state index >= 15 is 0 Å². The van der Waals surface area contributed by atoms with Crippen LogP contribution in [-0.2, 0) is 6.18 Å². The number of nitrogens with two attached hydrogens (primary N) is 1. The SMILES string of the molecule is NC(=O)c1nc2ccccc2cc1Oc1ccc(C(F)(F)F)nc1. The van der Waals surface area contributed by atoms with Crippen LogP contribution >= 0.6 is 0 Å². The van der Waals surface area contributed by atoms with E-state index in [9.17, 15) is 18.0 Å². The molecule has 0 fully saturated rings. The summed E-state index contributed by atoms with van der Waals surface area (Å²) in [5.41, 5.74) is 4.68. The molecule has 1 amide bonds. The fraction of sp³-hybridized carbons (Fsp3) is 0.0625. The van der Waals surface area contributed by atoms with Crippen molar-refractivity contribution < 1.29 is 22.7 Å². The molecule has 3 rings (SSSR count). The lowest BCUT2D eigenvalue weighted by Crippen LogP contribution is -2.14. The molecule has 5 nitrogen and oxygen atoms in total. The van der Waals surface area contributed by atoms with Crippen molar-refractivity contribution in [3.05, 3.63) is 60.0 Å². The van der Waals surface area contributed by atoms with E-state index in [1.54, 1.807) is 30.3 Å². The van der Waals surface area contributed by atoms with Crippen LogP contribution in [0.15, 0.2) is 48.7 Å². The molecule has 0 unspecified atom stereocenters. The highest BCUT2D eigenvalue weighted by Crippen LogP contribution is 2.31. The lowest BCUT2D eigenvalue weighted by molar-refractivity contribution is -0.141. The van der Waals surface area contributed by atoms with Crippen molar-refractivity contribution in [2.75, 3.05) is 0 Å². The van der Waals surface area contributed by atoms with Gasteiger partial charge in [-0.05, 0) is 24.3 Å². The third-order valence-corrected chi connectivity index (χ3v) is 3.18. The second-order valence-corrected chi connectivity index (χ2v) is 4.87. The Balaban J connectivity index is 1.99.